The summed E-state index contributed by atoms with van der Waals surface area (Å²) in [4.78, 5) is 11.4. The molecule has 0 spiro atoms. The van der Waals surface area contributed by atoms with Gasteiger partial charge < -0.3 is 18.8 Å². The summed E-state index contributed by atoms with van der Waals surface area (Å²) in [5, 5.41) is 14.9. The van der Waals surface area contributed by atoms with Crippen LogP contribution in [0.2, 0.25) is 0 Å². The summed E-state index contributed by atoms with van der Waals surface area (Å²) in [6.45, 7) is 3.73. The number of rotatable bonds is 4. The molecule has 1 saturated carbocycles. The molecule has 2 aromatic heterocycles. The van der Waals surface area contributed by atoms with Crippen molar-refractivity contribution in [3.05, 3.63) is 36.8 Å². The molecule has 2 aromatic rings. The number of carboxylic acids is 1. The van der Waals surface area contributed by atoms with Crippen LogP contribution in [0.4, 0.5) is 13.2 Å². The van der Waals surface area contributed by atoms with Crippen LogP contribution < -0.4 is 0 Å². The highest BCUT2D eigenvalue weighted by Crippen LogP contribution is 2.36. The normalized spacial score (nSPS) is 25.0. The summed E-state index contributed by atoms with van der Waals surface area (Å²) in [5.41, 5.74) is 1.25. The zero-order valence-corrected chi connectivity index (χ0v) is 15.0. The Morgan fingerprint density at radius 2 is 2.00 bits per heavy atom. The van der Waals surface area contributed by atoms with Gasteiger partial charge in [-0.1, -0.05) is 0 Å². The number of ether oxygens (including phenoxy) is 1. The number of carbonyl (C=O) groups is 1. The third-order valence-corrected chi connectivity index (χ3v) is 4.96. The second-order valence-electron chi connectivity index (χ2n) is 6.80. The smallest absolute Gasteiger partial charge is 0.475 e. The van der Waals surface area contributed by atoms with Crippen molar-refractivity contribution in [1.29, 1.82) is 0 Å². The standard InChI is InChI=1S/C15H20N4O2.C2HF3O2/c1-2-14-15(13(1)8-18-10-16-17-11-18)21-6-4-19(14)7-12-3-5-20-9-12;3-2(4,5)1(6)7/h3,5,9-11,13-15H,1-2,4,6-8H2;(H,6,7). The van der Waals surface area contributed by atoms with Gasteiger partial charge in [0.25, 0.3) is 0 Å². The Morgan fingerprint density at radius 3 is 2.61 bits per heavy atom. The number of hydrogen-bond donors (Lipinski definition) is 1. The van der Waals surface area contributed by atoms with Gasteiger partial charge in [-0.2, -0.15) is 13.2 Å². The summed E-state index contributed by atoms with van der Waals surface area (Å²) >= 11 is 0. The summed E-state index contributed by atoms with van der Waals surface area (Å²) < 4.78 is 45.1. The van der Waals surface area contributed by atoms with Crippen molar-refractivity contribution < 1.29 is 32.2 Å². The minimum Gasteiger partial charge on any atom is -0.475 e. The summed E-state index contributed by atoms with van der Waals surface area (Å²) in [6, 6.07) is 2.57. The highest BCUT2D eigenvalue weighted by Gasteiger charge is 2.42. The first-order chi connectivity index (χ1) is 13.3. The van der Waals surface area contributed by atoms with Crippen LogP contribution in [0.1, 0.15) is 18.4 Å². The van der Waals surface area contributed by atoms with Gasteiger partial charge in [-0.05, 0) is 18.9 Å². The molecular weight excluding hydrogens is 381 g/mol. The van der Waals surface area contributed by atoms with Gasteiger partial charge in [-0.25, -0.2) is 4.79 Å². The Morgan fingerprint density at radius 1 is 1.29 bits per heavy atom. The van der Waals surface area contributed by atoms with E-state index in [0.717, 1.165) is 26.2 Å². The molecule has 0 bridgehead atoms. The van der Waals surface area contributed by atoms with E-state index in [4.69, 9.17) is 19.1 Å². The maximum Gasteiger partial charge on any atom is 0.490 e. The highest BCUT2D eigenvalue weighted by atomic mass is 19.4. The number of carboxylic acid groups (broad SMARTS) is 1. The largest absolute Gasteiger partial charge is 0.490 e. The number of morpholine rings is 1. The summed E-state index contributed by atoms with van der Waals surface area (Å²) in [6.07, 6.45) is 4.82. The minimum atomic E-state index is -5.08. The van der Waals surface area contributed by atoms with Crippen LogP contribution in [-0.2, 0) is 22.6 Å². The van der Waals surface area contributed by atoms with Crippen LogP contribution in [0.15, 0.2) is 35.7 Å². The van der Waals surface area contributed by atoms with Gasteiger partial charge in [0.15, 0.2) is 0 Å². The molecule has 3 unspecified atom stereocenters. The molecule has 0 amide bonds. The molecule has 4 rings (SSSR count). The average molecular weight is 402 g/mol. The molecule has 0 radical (unpaired) electrons. The molecule has 3 heterocycles. The van der Waals surface area contributed by atoms with E-state index in [0.29, 0.717) is 18.1 Å². The van der Waals surface area contributed by atoms with E-state index in [1.807, 2.05) is 12.3 Å². The van der Waals surface area contributed by atoms with Gasteiger partial charge in [-0.15, -0.1) is 10.2 Å². The molecular formula is C17H21F3N4O4. The second kappa shape index (κ2) is 8.74. The predicted octanol–water partition coefficient (Wildman–Crippen LogP) is 2.18. The fraction of sp³-hybridized carbons (Fsp3) is 0.588. The lowest BCUT2D eigenvalue weighted by atomic mass is 10.0. The average Bonchev–Trinajstić information content (AvgIpc) is 3.38. The number of fused-ring (bicyclic) bond motifs is 1. The Bertz CT molecular complexity index is 736. The summed E-state index contributed by atoms with van der Waals surface area (Å²) in [5.74, 6) is -2.20. The SMILES string of the molecule is O=C(O)C(F)(F)F.c1cc(CN2CCOC3C(Cn4cnnc4)CCC32)co1. The maximum absolute atomic E-state index is 10.6. The zero-order chi connectivity index (χ0) is 20.1. The molecule has 1 aliphatic heterocycles. The van der Waals surface area contributed by atoms with E-state index in [1.54, 1.807) is 18.9 Å². The van der Waals surface area contributed by atoms with Crippen molar-refractivity contribution in [1.82, 2.24) is 19.7 Å². The van der Waals surface area contributed by atoms with Gasteiger partial charge in [-0.3, -0.25) is 4.90 Å². The lowest BCUT2D eigenvalue weighted by molar-refractivity contribution is -0.192. The first-order valence-electron chi connectivity index (χ1n) is 8.84. The minimum absolute atomic E-state index is 0.327. The van der Waals surface area contributed by atoms with Crippen LogP contribution in [0.25, 0.3) is 0 Å². The fourth-order valence-electron chi connectivity index (χ4n) is 3.73. The molecule has 1 N–H and O–H groups in total. The van der Waals surface area contributed by atoms with Gasteiger partial charge in [0.1, 0.15) is 12.7 Å². The van der Waals surface area contributed by atoms with E-state index in [1.165, 1.54) is 18.4 Å². The third-order valence-electron chi connectivity index (χ3n) is 4.96. The zero-order valence-electron chi connectivity index (χ0n) is 15.0. The molecule has 1 aliphatic carbocycles. The van der Waals surface area contributed by atoms with Crippen molar-refractivity contribution in [2.24, 2.45) is 5.92 Å². The molecule has 1 saturated heterocycles. The lowest BCUT2D eigenvalue weighted by Gasteiger charge is -2.39. The van der Waals surface area contributed by atoms with Crippen molar-refractivity contribution in [3.8, 4) is 0 Å². The quantitative estimate of drug-likeness (QED) is 0.838. The lowest BCUT2D eigenvalue weighted by Crippen LogP contribution is -2.50. The number of aliphatic carboxylic acids is 1. The molecule has 8 nitrogen and oxygen atoms in total. The van der Waals surface area contributed by atoms with Crippen molar-refractivity contribution in [2.75, 3.05) is 13.2 Å². The van der Waals surface area contributed by atoms with Crippen LogP contribution in [0.3, 0.4) is 0 Å². The summed E-state index contributed by atoms with van der Waals surface area (Å²) in [7, 11) is 0. The number of hydrogen-bond acceptors (Lipinski definition) is 6. The van der Waals surface area contributed by atoms with Gasteiger partial charge in [0.2, 0.25) is 0 Å². The van der Waals surface area contributed by atoms with Crippen molar-refractivity contribution in [2.45, 2.75) is 44.3 Å². The van der Waals surface area contributed by atoms with Crippen LogP contribution in [0, 0.1) is 5.92 Å². The third kappa shape index (κ3) is 5.10. The number of furan rings is 1. The monoisotopic (exact) mass is 402 g/mol. The Kier molecular flexibility index (Phi) is 6.35. The number of nitrogens with zero attached hydrogens (tertiary/aromatic N) is 4. The van der Waals surface area contributed by atoms with Crippen LogP contribution in [-0.4, -0.2) is 62.2 Å². The van der Waals surface area contributed by atoms with E-state index in [9.17, 15) is 13.2 Å². The van der Waals surface area contributed by atoms with E-state index >= 15 is 0 Å². The first-order valence-corrected chi connectivity index (χ1v) is 8.84. The van der Waals surface area contributed by atoms with Crippen molar-refractivity contribution in [3.63, 3.8) is 0 Å². The molecule has 2 aliphatic rings. The van der Waals surface area contributed by atoms with Crippen LogP contribution in [0.5, 0.6) is 0 Å². The van der Waals surface area contributed by atoms with Crippen molar-refractivity contribution >= 4 is 5.97 Å². The predicted molar refractivity (Wildman–Crippen MR) is 89.1 cm³/mol. The van der Waals surface area contributed by atoms with Gasteiger partial charge >= 0.3 is 12.1 Å². The number of aromatic nitrogens is 3. The fourth-order valence-corrected chi connectivity index (χ4v) is 3.73. The highest BCUT2D eigenvalue weighted by molar-refractivity contribution is 5.73. The molecule has 0 aromatic carbocycles. The Balaban J connectivity index is 0.000000279. The Hall–Kier alpha value is -2.40. The second-order valence-corrected chi connectivity index (χ2v) is 6.80. The molecule has 3 atom stereocenters. The van der Waals surface area contributed by atoms with E-state index in [2.05, 4.69) is 19.7 Å². The van der Waals surface area contributed by atoms with Gasteiger partial charge in [0, 0.05) is 37.2 Å². The molecule has 154 valence electrons. The van der Waals surface area contributed by atoms with Crippen LogP contribution >= 0.6 is 0 Å². The maximum atomic E-state index is 10.6. The molecule has 11 heteroatoms. The Labute approximate surface area is 158 Å². The van der Waals surface area contributed by atoms with Gasteiger partial charge in [0.05, 0.1) is 25.2 Å². The van der Waals surface area contributed by atoms with E-state index < -0.39 is 12.1 Å². The number of halogens is 3. The molecule has 28 heavy (non-hydrogen) atoms. The molecule has 2 fully saturated rings. The first kappa shape index (κ1) is 20.3. The van der Waals surface area contributed by atoms with E-state index in [-0.39, 0.29) is 0 Å². The topological polar surface area (TPSA) is 93.6 Å². The number of alkyl halides is 3.